The van der Waals surface area contributed by atoms with E-state index in [9.17, 15) is 4.79 Å². The molecule has 0 spiro atoms. The maximum Gasteiger partial charge on any atom is 0.237 e. The third kappa shape index (κ3) is 3.34. The summed E-state index contributed by atoms with van der Waals surface area (Å²) in [5.74, 6) is 0.446. The van der Waals surface area contributed by atoms with E-state index in [0.29, 0.717) is 6.42 Å². The van der Waals surface area contributed by atoms with Gasteiger partial charge < -0.3 is 15.8 Å². The fourth-order valence-corrected chi connectivity index (χ4v) is 2.46. The molecule has 3 N–H and O–H groups in total. The second-order valence-corrected chi connectivity index (χ2v) is 5.56. The zero-order chi connectivity index (χ0) is 15.5. The molecule has 2 aromatic rings. The number of rotatable bonds is 6. The van der Waals surface area contributed by atoms with Gasteiger partial charge in [0.1, 0.15) is 5.75 Å². The molecule has 2 atom stereocenters. The van der Waals surface area contributed by atoms with Crippen molar-refractivity contribution in [2.45, 2.75) is 31.9 Å². The molecule has 112 valence electrons. The highest BCUT2D eigenvalue weighted by molar-refractivity contribution is 5.88. The maximum atomic E-state index is 11.6. The third-order valence-corrected chi connectivity index (χ3v) is 3.87. The van der Waals surface area contributed by atoms with Crippen LogP contribution in [0.2, 0.25) is 0 Å². The van der Waals surface area contributed by atoms with Crippen molar-refractivity contribution < 1.29 is 9.53 Å². The molecule has 0 heterocycles. The molecule has 0 saturated heterocycles. The number of fused-ring (bicyclic) bond motifs is 1. The van der Waals surface area contributed by atoms with Gasteiger partial charge in [0.25, 0.3) is 0 Å². The molecule has 21 heavy (non-hydrogen) atoms. The van der Waals surface area contributed by atoms with Crippen molar-refractivity contribution in [1.82, 2.24) is 5.32 Å². The Morgan fingerprint density at radius 2 is 1.95 bits per heavy atom. The standard InChI is InChI=1S/C17H22N2O2/c1-12(11-17(2,19-3)16(18)20)21-15-10-6-8-13-7-4-5-9-14(13)15/h4-10,12,19H,11H2,1-3H3,(H2,18,20). The average molecular weight is 286 g/mol. The van der Waals surface area contributed by atoms with E-state index in [4.69, 9.17) is 10.5 Å². The summed E-state index contributed by atoms with van der Waals surface area (Å²) in [6, 6.07) is 14.0. The Balaban J connectivity index is 2.19. The van der Waals surface area contributed by atoms with Gasteiger partial charge in [-0.05, 0) is 32.3 Å². The number of hydrogen-bond donors (Lipinski definition) is 2. The minimum Gasteiger partial charge on any atom is -0.490 e. The lowest BCUT2D eigenvalue weighted by atomic mass is 9.94. The predicted molar refractivity (Wildman–Crippen MR) is 85.3 cm³/mol. The molecule has 4 heteroatoms. The van der Waals surface area contributed by atoms with Gasteiger partial charge in [-0.1, -0.05) is 36.4 Å². The van der Waals surface area contributed by atoms with E-state index in [2.05, 4.69) is 5.32 Å². The fourth-order valence-electron chi connectivity index (χ4n) is 2.46. The van der Waals surface area contributed by atoms with E-state index < -0.39 is 5.54 Å². The maximum absolute atomic E-state index is 11.6. The van der Waals surface area contributed by atoms with Crippen LogP contribution in [0.4, 0.5) is 0 Å². The molecule has 0 radical (unpaired) electrons. The number of nitrogens with two attached hydrogens (primary N) is 1. The van der Waals surface area contributed by atoms with E-state index in [1.807, 2.05) is 49.4 Å². The van der Waals surface area contributed by atoms with Crippen LogP contribution in [0.1, 0.15) is 20.3 Å². The monoisotopic (exact) mass is 286 g/mol. The Hall–Kier alpha value is -2.07. The molecule has 0 fully saturated rings. The topological polar surface area (TPSA) is 64.3 Å². The van der Waals surface area contributed by atoms with E-state index >= 15 is 0 Å². The van der Waals surface area contributed by atoms with Crippen molar-refractivity contribution in [2.24, 2.45) is 5.73 Å². The molecule has 0 bridgehead atoms. The SMILES string of the molecule is CNC(C)(CC(C)Oc1cccc2ccccc12)C(N)=O. The number of likely N-dealkylation sites (N-methyl/N-ethyl adjacent to an activating group) is 1. The largest absolute Gasteiger partial charge is 0.490 e. The van der Waals surface area contributed by atoms with Gasteiger partial charge in [-0.2, -0.15) is 0 Å². The quantitative estimate of drug-likeness (QED) is 0.857. The summed E-state index contributed by atoms with van der Waals surface area (Å²) in [5.41, 5.74) is 4.68. The van der Waals surface area contributed by atoms with Gasteiger partial charge in [0.15, 0.2) is 0 Å². The van der Waals surface area contributed by atoms with Crippen molar-refractivity contribution >= 4 is 16.7 Å². The number of primary amides is 1. The van der Waals surface area contributed by atoms with Crippen LogP contribution >= 0.6 is 0 Å². The number of hydrogen-bond acceptors (Lipinski definition) is 3. The van der Waals surface area contributed by atoms with Gasteiger partial charge in [-0.15, -0.1) is 0 Å². The number of carbonyl (C=O) groups is 1. The Kier molecular flexibility index (Phi) is 4.48. The van der Waals surface area contributed by atoms with Gasteiger partial charge in [0.2, 0.25) is 5.91 Å². The van der Waals surface area contributed by atoms with E-state index in [1.165, 1.54) is 0 Å². The summed E-state index contributed by atoms with van der Waals surface area (Å²) < 4.78 is 6.03. The highest BCUT2D eigenvalue weighted by Gasteiger charge is 2.31. The summed E-state index contributed by atoms with van der Waals surface area (Å²) in [5, 5.41) is 5.18. The summed E-state index contributed by atoms with van der Waals surface area (Å²) in [4.78, 5) is 11.6. The molecule has 2 rings (SSSR count). The molecule has 1 amide bonds. The number of amides is 1. The van der Waals surface area contributed by atoms with Crippen LogP contribution in [-0.4, -0.2) is 24.6 Å². The molecule has 2 aromatic carbocycles. The normalized spacial score (nSPS) is 15.4. The first-order chi connectivity index (χ1) is 9.96. The fraction of sp³-hybridized carbons (Fsp3) is 0.353. The first kappa shape index (κ1) is 15.3. The highest BCUT2D eigenvalue weighted by atomic mass is 16.5. The van der Waals surface area contributed by atoms with Crippen LogP contribution in [0.25, 0.3) is 10.8 Å². The molecule has 0 aliphatic heterocycles. The second kappa shape index (κ2) is 6.14. The first-order valence-corrected chi connectivity index (χ1v) is 7.09. The Morgan fingerprint density at radius 1 is 1.29 bits per heavy atom. The Bertz CT molecular complexity index is 636. The smallest absolute Gasteiger partial charge is 0.237 e. The zero-order valence-corrected chi connectivity index (χ0v) is 12.7. The van der Waals surface area contributed by atoms with Crippen LogP contribution in [0, 0.1) is 0 Å². The van der Waals surface area contributed by atoms with Crippen LogP contribution in [-0.2, 0) is 4.79 Å². The lowest BCUT2D eigenvalue weighted by Crippen LogP contribution is -2.53. The lowest BCUT2D eigenvalue weighted by molar-refractivity contribution is -0.124. The van der Waals surface area contributed by atoms with Crippen LogP contribution in [0.15, 0.2) is 42.5 Å². The van der Waals surface area contributed by atoms with Crippen molar-refractivity contribution in [3.05, 3.63) is 42.5 Å². The molecule has 0 aliphatic rings. The van der Waals surface area contributed by atoms with Crippen molar-refractivity contribution in [2.75, 3.05) is 7.05 Å². The molecule has 2 unspecified atom stereocenters. The Morgan fingerprint density at radius 3 is 2.62 bits per heavy atom. The summed E-state index contributed by atoms with van der Waals surface area (Å²) >= 11 is 0. The van der Waals surface area contributed by atoms with E-state index in [-0.39, 0.29) is 12.0 Å². The number of benzene rings is 2. The number of nitrogens with one attached hydrogen (secondary N) is 1. The zero-order valence-electron chi connectivity index (χ0n) is 12.7. The number of ether oxygens (including phenoxy) is 1. The summed E-state index contributed by atoms with van der Waals surface area (Å²) in [7, 11) is 1.73. The predicted octanol–water partition coefficient (Wildman–Crippen LogP) is 2.46. The van der Waals surface area contributed by atoms with Gasteiger partial charge >= 0.3 is 0 Å². The van der Waals surface area contributed by atoms with Crippen molar-refractivity contribution in [3.8, 4) is 5.75 Å². The molecule has 0 saturated carbocycles. The first-order valence-electron chi connectivity index (χ1n) is 7.09. The van der Waals surface area contributed by atoms with Crippen molar-refractivity contribution in [3.63, 3.8) is 0 Å². The van der Waals surface area contributed by atoms with Crippen LogP contribution in [0.3, 0.4) is 0 Å². The van der Waals surface area contributed by atoms with E-state index in [0.717, 1.165) is 16.5 Å². The molecule has 0 aliphatic carbocycles. The van der Waals surface area contributed by atoms with Gasteiger partial charge in [-0.3, -0.25) is 4.79 Å². The van der Waals surface area contributed by atoms with Gasteiger partial charge in [-0.25, -0.2) is 0 Å². The van der Waals surface area contributed by atoms with Crippen LogP contribution in [0.5, 0.6) is 5.75 Å². The van der Waals surface area contributed by atoms with Crippen LogP contribution < -0.4 is 15.8 Å². The minimum atomic E-state index is -0.774. The third-order valence-electron chi connectivity index (χ3n) is 3.87. The average Bonchev–Trinajstić information content (AvgIpc) is 2.47. The van der Waals surface area contributed by atoms with Crippen molar-refractivity contribution in [1.29, 1.82) is 0 Å². The minimum absolute atomic E-state index is 0.138. The van der Waals surface area contributed by atoms with Gasteiger partial charge in [0, 0.05) is 11.8 Å². The lowest BCUT2D eigenvalue weighted by Gasteiger charge is -2.29. The molecular weight excluding hydrogens is 264 g/mol. The summed E-state index contributed by atoms with van der Waals surface area (Å²) in [6.07, 6.45) is 0.364. The molecule has 0 aromatic heterocycles. The molecular formula is C17H22N2O2. The summed E-state index contributed by atoms with van der Waals surface area (Å²) in [6.45, 7) is 3.73. The second-order valence-electron chi connectivity index (χ2n) is 5.56. The molecule has 4 nitrogen and oxygen atoms in total. The Labute approximate surface area is 125 Å². The van der Waals surface area contributed by atoms with Gasteiger partial charge in [0.05, 0.1) is 11.6 Å². The number of carbonyl (C=O) groups excluding carboxylic acids is 1. The highest BCUT2D eigenvalue weighted by Crippen LogP contribution is 2.27. The van der Waals surface area contributed by atoms with E-state index in [1.54, 1.807) is 14.0 Å².